The summed E-state index contributed by atoms with van der Waals surface area (Å²) in [6.07, 6.45) is 7.88. The van der Waals surface area contributed by atoms with Crippen molar-refractivity contribution in [3.05, 3.63) is 59.7 Å². The number of urea groups is 1. The molecule has 5 heteroatoms. The molecule has 0 aromatic heterocycles. The smallest absolute Gasteiger partial charge is 0.325 e. The molecule has 3 aliphatic rings. The van der Waals surface area contributed by atoms with E-state index in [2.05, 4.69) is 48.2 Å². The van der Waals surface area contributed by atoms with Crippen LogP contribution >= 0.6 is 0 Å². The summed E-state index contributed by atoms with van der Waals surface area (Å²) in [7, 11) is 1.61. The highest BCUT2D eigenvalue weighted by atomic mass is 16.5. The Bertz CT molecular complexity index is 1060. The highest BCUT2D eigenvalue weighted by Gasteiger charge is 2.54. The molecular formula is C28H33N3O2. The van der Waals surface area contributed by atoms with E-state index < -0.39 is 0 Å². The lowest BCUT2D eigenvalue weighted by Gasteiger charge is -2.48. The molecule has 1 spiro atoms. The molecule has 5 rings (SSSR count). The zero-order chi connectivity index (χ0) is 23.1. The molecule has 2 aromatic rings. The number of methoxy groups -OCH3 is 1. The van der Waals surface area contributed by atoms with Crippen molar-refractivity contribution in [1.82, 2.24) is 4.90 Å². The molecule has 1 heterocycles. The van der Waals surface area contributed by atoms with Gasteiger partial charge in [-0.25, -0.2) is 4.79 Å². The lowest BCUT2D eigenvalue weighted by atomic mass is 9.65. The third kappa shape index (κ3) is 3.76. The van der Waals surface area contributed by atoms with Crippen LogP contribution in [0.2, 0.25) is 0 Å². The number of ether oxygens (including phenoxy) is 1. The number of benzene rings is 2. The van der Waals surface area contributed by atoms with Crippen LogP contribution in [-0.4, -0.2) is 36.7 Å². The molecule has 2 aromatic carbocycles. The monoisotopic (exact) mass is 443 g/mol. The summed E-state index contributed by atoms with van der Waals surface area (Å²) in [5.41, 5.74) is 2.73. The van der Waals surface area contributed by atoms with Gasteiger partial charge < -0.3 is 9.64 Å². The quantitative estimate of drug-likeness (QED) is 0.580. The van der Waals surface area contributed by atoms with Gasteiger partial charge in [-0.05, 0) is 67.6 Å². The molecule has 5 nitrogen and oxygen atoms in total. The van der Waals surface area contributed by atoms with E-state index in [1.54, 1.807) is 19.2 Å². The Labute approximate surface area is 196 Å². The molecule has 2 saturated carbocycles. The van der Waals surface area contributed by atoms with Gasteiger partial charge in [-0.1, -0.05) is 43.7 Å². The Morgan fingerprint density at radius 3 is 2.42 bits per heavy atom. The number of anilines is 1. The highest BCUT2D eigenvalue weighted by molar-refractivity contribution is 5.97. The fourth-order valence-corrected chi connectivity index (χ4v) is 5.98. The van der Waals surface area contributed by atoms with Crippen LogP contribution in [0.15, 0.2) is 48.5 Å². The van der Waals surface area contributed by atoms with E-state index >= 15 is 0 Å². The Hall–Kier alpha value is -3.00. The maximum atomic E-state index is 13.8. The average Bonchev–Trinajstić information content (AvgIpc) is 3.09. The number of rotatable bonds is 5. The van der Waals surface area contributed by atoms with Crippen molar-refractivity contribution in [3.8, 4) is 11.8 Å². The first-order valence-electron chi connectivity index (χ1n) is 12.2. The molecule has 0 N–H and O–H groups in total. The number of hydrogen-bond donors (Lipinski definition) is 0. The van der Waals surface area contributed by atoms with Gasteiger partial charge in [0.2, 0.25) is 0 Å². The first kappa shape index (κ1) is 21.8. The molecule has 1 saturated heterocycles. The normalized spacial score (nSPS) is 27.5. The highest BCUT2D eigenvalue weighted by Crippen LogP contribution is 2.50. The number of nitrogens with zero attached hydrogens (tertiary/aromatic N) is 3. The minimum absolute atomic E-state index is 0.0909. The van der Waals surface area contributed by atoms with Gasteiger partial charge in [-0.3, -0.25) is 4.90 Å². The van der Waals surface area contributed by atoms with Gasteiger partial charge in [0, 0.05) is 12.6 Å². The van der Waals surface area contributed by atoms with E-state index in [9.17, 15) is 10.1 Å². The summed E-state index contributed by atoms with van der Waals surface area (Å²) in [4.78, 5) is 18.0. The summed E-state index contributed by atoms with van der Waals surface area (Å²) in [5.74, 6) is 1.21. The van der Waals surface area contributed by atoms with E-state index in [1.165, 1.54) is 24.8 Å². The van der Waals surface area contributed by atoms with E-state index in [1.807, 2.05) is 11.0 Å². The predicted octanol–water partition coefficient (Wildman–Crippen LogP) is 5.88. The number of amides is 2. The maximum Gasteiger partial charge on any atom is 0.325 e. The Kier molecular flexibility index (Phi) is 5.56. The number of nitriles is 1. The van der Waals surface area contributed by atoms with Crippen LogP contribution in [0.5, 0.6) is 5.75 Å². The molecule has 0 radical (unpaired) electrons. The van der Waals surface area contributed by atoms with Crippen LogP contribution in [0.3, 0.4) is 0 Å². The van der Waals surface area contributed by atoms with Gasteiger partial charge in [0.1, 0.15) is 5.75 Å². The second kappa shape index (κ2) is 8.41. The molecule has 3 fully saturated rings. The average molecular weight is 444 g/mol. The first-order valence-corrected chi connectivity index (χ1v) is 12.2. The van der Waals surface area contributed by atoms with Crippen LogP contribution in [0, 0.1) is 17.2 Å². The van der Waals surface area contributed by atoms with Crippen molar-refractivity contribution in [2.75, 3.05) is 25.1 Å². The van der Waals surface area contributed by atoms with Gasteiger partial charge in [0.15, 0.2) is 0 Å². The Balaban J connectivity index is 1.45. The standard InChI is InChI=1S/C28H33N3O2/c1-27(23-9-4-3-5-10-23)13-15-28(16-14-27)20-30(26(32)31(28)19-21-7-6-8-21)24-12-11-22(18-29)17-25(24)33-2/h3-5,9-12,17,21H,6-8,13-16,19-20H2,1-2H3. The number of carbonyl (C=O) groups is 1. The molecular weight excluding hydrogens is 410 g/mol. The zero-order valence-corrected chi connectivity index (χ0v) is 19.7. The second-order valence-electron chi connectivity index (χ2n) is 10.4. The van der Waals surface area contributed by atoms with E-state index in [0.717, 1.165) is 37.9 Å². The van der Waals surface area contributed by atoms with Crippen molar-refractivity contribution in [2.24, 2.45) is 5.92 Å². The third-order valence-corrected chi connectivity index (χ3v) is 8.51. The second-order valence-corrected chi connectivity index (χ2v) is 10.4. The van der Waals surface area contributed by atoms with Gasteiger partial charge in [0.25, 0.3) is 0 Å². The first-order chi connectivity index (χ1) is 16.0. The zero-order valence-electron chi connectivity index (χ0n) is 19.7. The van der Waals surface area contributed by atoms with Gasteiger partial charge >= 0.3 is 6.03 Å². The van der Waals surface area contributed by atoms with Gasteiger partial charge in [-0.2, -0.15) is 5.26 Å². The predicted molar refractivity (Wildman–Crippen MR) is 129 cm³/mol. The molecule has 2 amide bonds. The molecule has 2 aliphatic carbocycles. The SMILES string of the molecule is COc1cc(C#N)ccc1N1CC2(CCC(C)(c3ccccc3)CC2)N(CC2CCC2)C1=O. The maximum absolute atomic E-state index is 13.8. The van der Waals surface area contributed by atoms with E-state index in [-0.39, 0.29) is 17.0 Å². The van der Waals surface area contributed by atoms with Gasteiger partial charge in [-0.15, -0.1) is 0 Å². The van der Waals surface area contributed by atoms with Crippen molar-refractivity contribution in [3.63, 3.8) is 0 Å². The van der Waals surface area contributed by atoms with Crippen LogP contribution in [0.25, 0.3) is 0 Å². The molecule has 172 valence electrons. The Morgan fingerprint density at radius 1 is 1.09 bits per heavy atom. The van der Waals surface area contributed by atoms with Gasteiger partial charge in [0.05, 0.1) is 36.5 Å². The summed E-state index contributed by atoms with van der Waals surface area (Å²) in [5, 5.41) is 9.29. The summed E-state index contributed by atoms with van der Waals surface area (Å²) < 4.78 is 5.60. The Morgan fingerprint density at radius 2 is 1.82 bits per heavy atom. The molecule has 33 heavy (non-hydrogen) atoms. The molecule has 0 unspecified atom stereocenters. The van der Waals surface area contributed by atoms with Crippen LogP contribution in [0.4, 0.5) is 10.5 Å². The van der Waals surface area contributed by atoms with E-state index in [4.69, 9.17) is 4.74 Å². The molecule has 0 atom stereocenters. The van der Waals surface area contributed by atoms with Crippen molar-refractivity contribution >= 4 is 11.7 Å². The van der Waals surface area contributed by atoms with E-state index in [0.29, 0.717) is 23.8 Å². The summed E-state index contributed by atoms with van der Waals surface area (Å²) in [6.45, 7) is 3.92. The fourth-order valence-electron chi connectivity index (χ4n) is 5.98. The lowest BCUT2D eigenvalue weighted by molar-refractivity contribution is 0.0695. The molecule has 0 bridgehead atoms. The lowest BCUT2D eigenvalue weighted by Crippen LogP contribution is -2.53. The number of carbonyl (C=O) groups excluding carboxylic acids is 1. The van der Waals surface area contributed by atoms with Crippen LogP contribution in [-0.2, 0) is 5.41 Å². The number of hydrogen-bond acceptors (Lipinski definition) is 3. The van der Waals surface area contributed by atoms with Crippen molar-refractivity contribution < 1.29 is 9.53 Å². The van der Waals surface area contributed by atoms with Crippen LogP contribution < -0.4 is 9.64 Å². The topological polar surface area (TPSA) is 56.6 Å². The minimum atomic E-state index is -0.139. The summed E-state index contributed by atoms with van der Waals surface area (Å²) >= 11 is 0. The minimum Gasteiger partial charge on any atom is -0.495 e. The fraction of sp³-hybridized carbons (Fsp3) is 0.500. The van der Waals surface area contributed by atoms with Crippen LogP contribution in [0.1, 0.15) is 63.0 Å². The summed E-state index contributed by atoms with van der Waals surface area (Å²) in [6, 6.07) is 18.5. The van der Waals surface area contributed by atoms with Crippen molar-refractivity contribution in [2.45, 2.75) is 62.8 Å². The largest absolute Gasteiger partial charge is 0.495 e. The molecule has 1 aliphatic heterocycles. The third-order valence-electron chi connectivity index (χ3n) is 8.51. The van der Waals surface area contributed by atoms with Crippen molar-refractivity contribution in [1.29, 1.82) is 5.26 Å².